The maximum absolute atomic E-state index is 13.1. The largest absolute Gasteiger partial charge is 0.478 e. The van der Waals surface area contributed by atoms with E-state index in [2.05, 4.69) is 16.0 Å². The lowest BCUT2D eigenvalue weighted by Crippen LogP contribution is -2.34. The summed E-state index contributed by atoms with van der Waals surface area (Å²) in [6.07, 6.45) is 2.94. The number of rotatable bonds is 10. The molecule has 0 aliphatic rings. The van der Waals surface area contributed by atoms with Crippen LogP contribution in [0.3, 0.4) is 0 Å². The van der Waals surface area contributed by atoms with Crippen LogP contribution < -0.4 is 16.0 Å². The lowest BCUT2D eigenvalue weighted by atomic mass is 10.1. The highest BCUT2D eigenvalue weighted by Gasteiger charge is 2.16. The van der Waals surface area contributed by atoms with Crippen molar-refractivity contribution in [1.82, 2.24) is 10.6 Å². The Morgan fingerprint density at radius 1 is 0.868 bits per heavy atom. The second-order valence-electron chi connectivity index (χ2n) is 7.73. The summed E-state index contributed by atoms with van der Waals surface area (Å²) in [6, 6.07) is 20.3. The summed E-state index contributed by atoms with van der Waals surface area (Å²) < 4.78 is 0. The Labute approximate surface area is 216 Å². The number of carboxylic acids is 1. The molecule has 3 amide bonds. The molecule has 0 spiro atoms. The molecule has 0 saturated heterocycles. The van der Waals surface area contributed by atoms with E-state index in [4.69, 9.17) is 5.11 Å². The highest BCUT2D eigenvalue weighted by atomic mass is 16.6. The molecule has 0 heterocycles. The number of nitro benzene ring substituents is 1. The van der Waals surface area contributed by atoms with Crippen molar-refractivity contribution < 1.29 is 29.2 Å². The number of non-ortho nitro benzene ring substituents is 1. The zero-order valence-corrected chi connectivity index (χ0v) is 19.8. The Morgan fingerprint density at radius 3 is 2.18 bits per heavy atom. The number of benzene rings is 3. The number of nitrogens with one attached hydrogen (secondary N) is 3. The number of hydrogen-bond acceptors (Lipinski definition) is 6. The second kappa shape index (κ2) is 12.9. The summed E-state index contributed by atoms with van der Waals surface area (Å²) in [4.78, 5) is 58.9. The van der Waals surface area contributed by atoms with Gasteiger partial charge in [-0.15, -0.1) is 0 Å². The fraction of sp³-hybridized carbons (Fsp3) is 0.0370. The van der Waals surface area contributed by atoms with E-state index in [9.17, 15) is 29.3 Å². The molecule has 0 saturated carbocycles. The van der Waals surface area contributed by atoms with Crippen molar-refractivity contribution in [3.05, 3.63) is 124 Å². The minimum absolute atomic E-state index is 0.0449. The molecule has 11 nitrogen and oxygen atoms in total. The van der Waals surface area contributed by atoms with Crippen molar-refractivity contribution >= 4 is 41.1 Å². The molecule has 3 rings (SSSR count). The van der Waals surface area contributed by atoms with Gasteiger partial charge in [0, 0.05) is 42.1 Å². The highest BCUT2D eigenvalue weighted by molar-refractivity contribution is 6.05. The van der Waals surface area contributed by atoms with E-state index in [0.717, 1.165) is 6.08 Å². The van der Waals surface area contributed by atoms with Crippen LogP contribution in [0.2, 0.25) is 0 Å². The molecule has 0 atom stereocenters. The number of nitro groups is 1. The van der Waals surface area contributed by atoms with Gasteiger partial charge in [-0.3, -0.25) is 24.5 Å². The van der Waals surface area contributed by atoms with Crippen LogP contribution >= 0.6 is 0 Å². The van der Waals surface area contributed by atoms with Crippen LogP contribution in [-0.4, -0.2) is 33.7 Å². The third kappa shape index (κ3) is 7.99. The van der Waals surface area contributed by atoms with E-state index in [-0.39, 0.29) is 17.9 Å². The van der Waals surface area contributed by atoms with Crippen molar-refractivity contribution in [2.24, 2.45) is 0 Å². The quantitative estimate of drug-likeness (QED) is 0.183. The predicted octanol–water partition coefficient (Wildman–Crippen LogP) is 3.26. The fourth-order valence-electron chi connectivity index (χ4n) is 3.19. The minimum Gasteiger partial charge on any atom is -0.478 e. The number of nitrogens with zero attached hydrogens (tertiary/aromatic N) is 1. The number of anilines is 1. The van der Waals surface area contributed by atoms with Gasteiger partial charge >= 0.3 is 5.97 Å². The SMILES string of the molecule is O=C(O)C=CC(=O)Nc1ccccc1CNC(=O)C(=Cc1ccc([N+](=O)[O-])cc1)NC(=O)c1ccccc1. The van der Waals surface area contributed by atoms with Gasteiger partial charge in [0.05, 0.1) is 4.92 Å². The van der Waals surface area contributed by atoms with Gasteiger partial charge in [-0.2, -0.15) is 0 Å². The van der Waals surface area contributed by atoms with Crippen LogP contribution in [0, 0.1) is 10.1 Å². The number of carboxylic acid groups (broad SMARTS) is 1. The third-order valence-corrected chi connectivity index (χ3v) is 5.04. The molecular formula is C27H22N4O7. The lowest BCUT2D eigenvalue weighted by Gasteiger charge is -2.13. The van der Waals surface area contributed by atoms with E-state index in [0.29, 0.717) is 28.5 Å². The first-order valence-corrected chi connectivity index (χ1v) is 11.1. The first-order valence-electron chi connectivity index (χ1n) is 11.1. The normalized spacial score (nSPS) is 11.0. The van der Waals surface area contributed by atoms with Crippen LogP contribution in [0.25, 0.3) is 6.08 Å². The van der Waals surface area contributed by atoms with Crippen LogP contribution in [0.4, 0.5) is 11.4 Å². The Bertz CT molecular complexity index is 1410. The third-order valence-electron chi connectivity index (χ3n) is 5.04. The fourth-order valence-corrected chi connectivity index (χ4v) is 3.19. The van der Waals surface area contributed by atoms with Crippen LogP contribution in [-0.2, 0) is 20.9 Å². The van der Waals surface area contributed by atoms with E-state index in [1.54, 1.807) is 54.6 Å². The predicted molar refractivity (Wildman–Crippen MR) is 139 cm³/mol. The van der Waals surface area contributed by atoms with Crippen molar-refractivity contribution in [2.75, 3.05) is 5.32 Å². The maximum Gasteiger partial charge on any atom is 0.328 e. The summed E-state index contributed by atoms with van der Waals surface area (Å²) in [5, 5.41) is 27.4. The maximum atomic E-state index is 13.1. The van der Waals surface area contributed by atoms with Crippen molar-refractivity contribution in [1.29, 1.82) is 0 Å². The number of carbonyl (C=O) groups is 4. The van der Waals surface area contributed by atoms with Crippen LogP contribution in [0.15, 0.2) is 96.7 Å². The van der Waals surface area contributed by atoms with Gasteiger partial charge in [0.25, 0.3) is 17.5 Å². The first kappa shape index (κ1) is 27.0. The molecule has 4 N–H and O–H groups in total. The Morgan fingerprint density at radius 2 is 1.53 bits per heavy atom. The summed E-state index contributed by atoms with van der Waals surface area (Å²) in [6.45, 7) is -0.0449. The van der Waals surface area contributed by atoms with Gasteiger partial charge in [-0.05, 0) is 47.5 Å². The molecule has 0 aromatic heterocycles. The zero-order chi connectivity index (χ0) is 27.5. The molecule has 0 bridgehead atoms. The second-order valence-corrected chi connectivity index (χ2v) is 7.73. The molecule has 3 aromatic carbocycles. The van der Waals surface area contributed by atoms with Crippen molar-refractivity contribution in [3.63, 3.8) is 0 Å². The topological polar surface area (TPSA) is 168 Å². The van der Waals surface area contributed by atoms with Crippen LogP contribution in [0.1, 0.15) is 21.5 Å². The van der Waals surface area contributed by atoms with Crippen LogP contribution in [0.5, 0.6) is 0 Å². The molecule has 0 aliphatic carbocycles. The van der Waals surface area contributed by atoms with Crippen molar-refractivity contribution in [3.8, 4) is 0 Å². The van der Waals surface area contributed by atoms with E-state index in [1.807, 2.05) is 0 Å². The molecule has 0 aliphatic heterocycles. The molecule has 192 valence electrons. The van der Waals surface area contributed by atoms with Gasteiger partial charge in [-0.1, -0.05) is 36.4 Å². The first-order chi connectivity index (χ1) is 18.2. The summed E-state index contributed by atoms with van der Waals surface area (Å²) in [7, 11) is 0. The van der Waals surface area contributed by atoms with Gasteiger partial charge < -0.3 is 21.1 Å². The van der Waals surface area contributed by atoms with Gasteiger partial charge in [-0.25, -0.2) is 4.79 Å². The molecular weight excluding hydrogens is 492 g/mol. The molecule has 0 unspecified atom stereocenters. The van der Waals surface area contributed by atoms with Gasteiger partial charge in [0.1, 0.15) is 5.70 Å². The number of carbonyl (C=O) groups excluding carboxylic acids is 3. The smallest absolute Gasteiger partial charge is 0.328 e. The number of amides is 3. The average Bonchev–Trinajstić information content (AvgIpc) is 2.91. The minimum atomic E-state index is -1.27. The monoisotopic (exact) mass is 514 g/mol. The summed E-state index contributed by atoms with van der Waals surface area (Å²) in [5.74, 6) is -3.13. The van der Waals surface area contributed by atoms with E-state index >= 15 is 0 Å². The summed E-state index contributed by atoms with van der Waals surface area (Å²) in [5.41, 5.74) is 1.38. The molecule has 0 fully saturated rings. The molecule has 3 aromatic rings. The zero-order valence-electron chi connectivity index (χ0n) is 19.8. The standard InChI is InChI=1S/C27H22N4O7/c32-24(14-15-25(33)34)29-22-9-5-4-8-20(22)17-28-27(36)23(30-26(35)19-6-2-1-3-7-19)16-18-10-12-21(13-11-18)31(37)38/h1-16H,17H2,(H,28,36)(H,29,32)(H,30,35)(H,33,34). The van der Waals surface area contributed by atoms with Gasteiger partial charge in [0.2, 0.25) is 5.91 Å². The lowest BCUT2D eigenvalue weighted by molar-refractivity contribution is -0.384. The van der Waals surface area contributed by atoms with E-state index < -0.39 is 28.6 Å². The molecule has 38 heavy (non-hydrogen) atoms. The Kier molecular flexibility index (Phi) is 9.19. The van der Waals surface area contributed by atoms with Gasteiger partial charge in [0.15, 0.2) is 0 Å². The van der Waals surface area contributed by atoms with E-state index in [1.165, 1.54) is 30.3 Å². The Hall–Kier alpha value is -5.58. The highest BCUT2D eigenvalue weighted by Crippen LogP contribution is 2.17. The number of para-hydroxylation sites is 1. The summed E-state index contributed by atoms with van der Waals surface area (Å²) >= 11 is 0. The molecule has 0 radical (unpaired) electrons. The van der Waals surface area contributed by atoms with Crippen molar-refractivity contribution in [2.45, 2.75) is 6.54 Å². The number of hydrogen-bond donors (Lipinski definition) is 4. The Balaban J connectivity index is 1.81. The number of aliphatic carboxylic acids is 1. The average molecular weight is 514 g/mol. The molecule has 11 heteroatoms.